The summed E-state index contributed by atoms with van der Waals surface area (Å²) in [5.74, 6) is 0. The summed E-state index contributed by atoms with van der Waals surface area (Å²) in [4.78, 5) is 2.26. The molecule has 0 amide bonds. The molecule has 136 valence electrons. The fraction of sp³-hybridized carbons (Fsp3) is 0. The Morgan fingerprint density at radius 1 is 0.464 bits per heavy atom. The summed E-state index contributed by atoms with van der Waals surface area (Å²) in [5.41, 5.74) is 12.2. The number of benzene rings is 4. The smallest absolute Gasteiger partial charge is 0.0462 e. The molecule has 0 spiro atoms. The summed E-state index contributed by atoms with van der Waals surface area (Å²) >= 11 is 0. The van der Waals surface area contributed by atoms with E-state index in [1.807, 2.05) is 36.4 Å². The SMILES string of the molecule is Nc1ccc(/C=C/c2ccc(N(c3ccccc3)c3ccccc3)cc2)cc1. The zero-order valence-corrected chi connectivity index (χ0v) is 15.6. The van der Waals surface area contributed by atoms with Crippen LogP contribution >= 0.6 is 0 Å². The molecule has 0 atom stereocenters. The molecule has 28 heavy (non-hydrogen) atoms. The molecule has 0 aromatic heterocycles. The van der Waals surface area contributed by atoms with Crippen LogP contribution in [0.5, 0.6) is 0 Å². The molecule has 0 unspecified atom stereocenters. The van der Waals surface area contributed by atoms with Crippen molar-refractivity contribution in [3.8, 4) is 0 Å². The van der Waals surface area contributed by atoms with Crippen molar-refractivity contribution in [3.63, 3.8) is 0 Å². The summed E-state index contributed by atoms with van der Waals surface area (Å²) in [7, 11) is 0. The van der Waals surface area contributed by atoms with E-state index in [-0.39, 0.29) is 0 Å². The van der Waals surface area contributed by atoms with Gasteiger partial charge in [-0.05, 0) is 59.7 Å². The molecule has 2 heteroatoms. The van der Waals surface area contributed by atoms with Crippen LogP contribution in [0.3, 0.4) is 0 Å². The maximum absolute atomic E-state index is 5.75. The van der Waals surface area contributed by atoms with Gasteiger partial charge < -0.3 is 10.6 Å². The Hall–Kier alpha value is -3.78. The van der Waals surface area contributed by atoms with Crippen molar-refractivity contribution in [2.24, 2.45) is 0 Å². The molecule has 0 saturated carbocycles. The van der Waals surface area contributed by atoms with Gasteiger partial charge in [-0.1, -0.05) is 72.8 Å². The normalized spacial score (nSPS) is 10.9. The first-order valence-electron chi connectivity index (χ1n) is 9.33. The molecule has 4 aromatic rings. The van der Waals surface area contributed by atoms with Gasteiger partial charge in [0, 0.05) is 22.7 Å². The topological polar surface area (TPSA) is 29.3 Å². The van der Waals surface area contributed by atoms with Crippen LogP contribution in [-0.2, 0) is 0 Å². The van der Waals surface area contributed by atoms with E-state index in [4.69, 9.17) is 5.73 Å². The second-order valence-electron chi connectivity index (χ2n) is 6.60. The highest BCUT2D eigenvalue weighted by Crippen LogP contribution is 2.34. The molecule has 0 aliphatic heterocycles. The van der Waals surface area contributed by atoms with Crippen molar-refractivity contribution in [3.05, 3.63) is 120 Å². The Bertz CT molecular complexity index is 996. The minimum atomic E-state index is 0.781. The van der Waals surface area contributed by atoms with Gasteiger partial charge in [0.15, 0.2) is 0 Å². The van der Waals surface area contributed by atoms with E-state index in [9.17, 15) is 0 Å². The third-order valence-corrected chi connectivity index (χ3v) is 4.58. The second-order valence-corrected chi connectivity index (χ2v) is 6.60. The standard InChI is InChI=1S/C26H22N2/c27-23-17-13-21(14-18-23)11-12-22-15-19-26(20-16-22)28(24-7-3-1-4-8-24)25-9-5-2-6-10-25/h1-20H,27H2/b12-11+. The Balaban J connectivity index is 1.62. The fourth-order valence-electron chi connectivity index (χ4n) is 3.14. The average molecular weight is 362 g/mol. The molecule has 0 aliphatic carbocycles. The molecule has 0 bridgehead atoms. The van der Waals surface area contributed by atoms with Gasteiger partial charge in [0.25, 0.3) is 0 Å². The number of hydrogen-bond donors (Lipinski definition) is 1. The van der Waals surface area contributed by atoms with Gasteiger partial charge in [-0.2, -0.15) is 0 Å². The molecule has 0 fully saturated rings. The molecule has 2 nitrogen and oxygen atoms in total. The molecule has 0 aliphatic rings. The lowest BCUT2D eigenvalue weighted by Gasteiger charge is -2.25. The zero-order chi connectivity index (χ0) is 19.2. The van der Waals surface area contributed by atoms with Crippen LogP contribution in [0.2, 0.25) is 0 Å². The largest absolute Gasteiger partial charge is 0.399 e. The van der Waals surface area contributed by atoms with E-state index >= 15 is 0 Å². The summed E-state index contributed by atoms with van der Waals surface area (Å²) < 4.78 is 0. The van der Waals surface area contributed by atoms with Gasteiger partial charge >= 0.3 is 0 Å². The van der Waals surface area contributed by atoms with Crippen LogP contribution in [0.4, 0.5) is 22.7 Å². The van der Waals surface area contributed by atoms with Crippen LogP contribution in [0.15, 0.2) is 109 Å². The number of nitrogens with two attached hydrogens (primary N) is 1. The maximum atomic E-state index is 5.75. The van der Waals surface area contributed by atoms with Crippen LogP contribution in [0, 0.1) is 0 Å². The van der Waals surface area contributed by atoms with E-state index in [2.05, 4.69) is 89.8 Å². The number of nitrogens with zero attached hydrogens (tertiary/aromatic N) is 1. The van der Waals surface area contributed by atoms with Crippen molar-refractivity contribution < 1.29 is 0 Å². The predicted octanol–water partition coefficient (Wildman–Crippen LogP) is 6.91. The molecule has 0 radical (unpaired) electrons. The lowest BCUT2D eigenvalue weighted by atomic mass is 10.1. The third-order valence-electron chi connectivity index (χ3n) is 4.58. The van der Waals surface area contributed by atoms with Gasteiger partial charge in [0.1, 0.15) is 0 Å². The molecule has 4 aromatic carbocycles. The summed E-state index contributed by atoms with van der Waals surface area (Å²) in [5, 5.41) is 0. The number of anilines is 4. The van der Waals surface area contributed by atoms with Crippen LogP contribution in [0.1, 0.15) is 11.1 Å². The van der Waals surface area contributed by atoms with Gasteiger partial charge in [-0.15, -0.1) is 0 Å². The van der Waals surface area contributed by atoms with Crippen LogP contribution in [0.25, 0.3) is 12.2 Å². The first-order chi connectivity index (χ1) is 13.8. The maximum Gasteiger partial charge on any atom is 0.0462 e. The highest BCUT2D eigenvalue weighted by molar-refractivity contribution is 5.78. The van der Waals surface area contributed by atoms with E-state index in [1.54, 1.807) is 0 Å². The van der Waals surface area contributed by atoms with Crippen molar-refractivity contribution >= 4 is 34.9 Å². The van der Waals surface area contributed by atoms with Crippen molar-refractivity contribution in [2.45, 2.75) is 0 Å². The predicted molar refractivity (Wildman–Crippen MR) is 121 cm³/mol. The molecule has 2 N–H and O–H groups in total. The van der Waals surface area contributed by atoms with E-state index in [0.29, 0.717) is 0 Å². The summed E-state index contributed by atoms with van der Waals surface area (Å²) in [6.07, 6.45) is 4.21. The van der Waals surface area contributed by atoms with Gasteiger partial charge in [0.05, 0.1) is 0 Å². The fourth-order valence-corrected chi connectivity index (χ4v) is 3.14. The van der Waals surface area contributed by atoms with Crippen molar-refractivity contribution in [2.75, 3.05) is 10.6 Å². The quantitative estimate of drug-likeness (QED) is 0.309. The van der Waals surface area contributed by atoms with Gasteiger partial charge in [0.2, 0.25) is 0 Å². The van der Waals surface area contributed by atoms with Crippen LogP contribution in [-0.4, -0.2) is 0 Å². The minimum absolute atomic E-state index is 0.781. The highest BCUT2D eigenvalue weighted by Gasteiger charge is 2.11. The average Bonchev–Trinajstić information content (AvgIpc) is 2.76. The molecular weight excluding hydrogens is 340 g/mol. The van der Waals surface area contributed by atoms with Crippen molar-refractivity contribution in [1.29, 1.82) is 0 Å². The molecule has 0 saturated heterocycles. The third kappa shape index (κ3) is 4.13. The lowest BCUT2D eigenvalue weighted by Crippen LogP contribution is -2.09. The first-order valence-corrected chi connectivity index (χ1v) is 9.33. The number of nitrogen functional groups attached to an aromatic ring is 1. The van der Waals surface area contributed by atoms with E-state index in [0.717, 1.165) is 33.9 Å². The number of para-hydroxylation sites is 2. The molecule has 0 heterocycles. The number of hydrogen-bond acceptors (Lipinski definition) is 2. The second kappa shape index (κ2) is 8.28. The minimum Gasteiger partial charge on any atom is -0.399 e. The summed E-state index contributed by atoms with van der Waals surface area (Å²) in [6, 6.07) is 37.3. The molecular formula is C26H22N2. The Kier molecular flexibility index (Phi) is 5.21. The van der Waals surface area contributed by atoms with Crippen LogP contribution < -0.4 is 10.6 Å². The first kappa shape index (κ1) is 17.6. The van der Waals surface area contributed by atoms with Crippen molar-refractivity contribution in [1.82, 2.24) is 0 Å². The van der Waals surface area contributed by atoms with E-state index in [1.165, 1.54) is 0 Å². The van der Waals surface area contributed by atoms with E-state index < -0.39 is 0 Å². The zero-order valence-electron chi connectivity index (χ0n) is 15.6. The Morgan fingerprint density at radius 3 is 1.32 bits per heavy atom. The summed E-state index contributed by atoms with van der Waals surface area (Å²) in [6.45, 7) is 0. The Morgan fingerprint density at radius 2 is 0.857 bits per heavy atom. The number of rotatable bonds is 5. The lowest BCUT2D eigenvalue weighted by molar-refractivity contribution is 1.28. The highest BCUT2D eigenvalue weighted by atomic mass is 15.1. The molecule has 4 rings (SSSR count). The van der Waals surface area contributed by atoms with Gasteiger partial charge in [-0.25, -0.2) is 0 Å². The van der Waals surface area contributed by atoms with Gasteiger partial charge in [-0.3, -0.25) is 0 Å². The Labute approximate surface area is 166 Å². The monoisotopic (exact) mass is 362 g/mol.